The first-order chi connectivity index (χ1) is 14.4. The molecule has 0 bridgehead atoms. The van der Waals surface area contributed by atoms with Gasteiger partial charge in [0.25, 0.3) is 0 Å². The molecule has 1 heterocycles. The normalized spacial score (nSPS) is 9.87. The molecule has 1 aromatic heterocycles. The first-order valence-corrected chi connectivity index (χ1v) is 8.89. The van der Waals surface area contributed by atoms with Gasteiger partial charge < -0.3 is 10.6 Å². The third-order valence-electron chi connectivity index (χ3n) is 4.07. The van der Waals surface area contributed by atoms with E-state index in [1.54, 1.807) is 48.5 Å². The highest BCUT2D eigenvalue weighted by Crippen LogP contribution is 2.31. The fourth-order valence-corrected chi connectivity index (χ4v) is 2.82. The van der Waals surface area contributed by atoms with E-state index in [1.165, 1.54) is 13.8 Å². The van der Waals surface area contributed by atoms with Crippen LogP contribution in [0, 0.1) is 22.7 Å². The van der Waals surface area contributed by atoms with E-state index < -0.39 is 0 Å². The Labute approximate surface area is 172 Å². The van der Waals surface area contributed by atoms with Gasteiger partial charge in [0.2, 0.25) is 11.8 Å². The van der Waals surface area contributed by atoms with Crippen molar-refractivity contribution in [2.75, 3.05) is 10.6 Å². The van der Waals surface area contributed by atoms with Gasteiger partial charge in [-0.1, -0.05) is 24.3 Å². The molecule has 2 aromatic carbocycles. The molecule has 0 atom stereocenters. The number of carbonyl (C=O) groups excluding carboxylic acids is 2. The Morgan fingerprint density at radius 2 is 1.03 bits per heavy atom. The number of hydrogen-bond donors (Lipinski definition) is 2. The summed E-state index contributed by atoms with van der Waals surface area (Å²) >= 11 is 0. The third-order valence-corrected chi connectivity index (χ3v) is 4.07. The topological polar surface area (TPSA) is 132 Å². The maximum Gasteiger partial charge on any atom is 0.221 e. The van der Waals surface area contributed by atoms with Crippen LogP contribution in [-0.2, 0) is 9.59 Å². The molecule has 2 N–H and O–H groups in total. The predicted molar refractivity (Wildman–Crippen MR) is 111 cm³/mol. The molecular formula is C22H16N6O2. The van der Waals surface area contributed by atoms with Gasteiger partial charge in [-0.25, -0.2) is 9.97 Å². The summed E-state index contributed by atoms with van der Waals surface area (Å²) in [5.74, 6) is -0.375. The Bertz CT molecular complexity index is 1110. The van der Waals surface area contributed by atoms with Crippen LogP contribution in [0.5, 0.6) is 0 Å². The number of rotatable bonds is 4. The Morgan fingerprint density at radius 1 is 0.700 bits per heavy atom. The Morgan fingerprint density at radius 3 is 1.30 bits per heavy atom. The van der Waals surface area contributed by atoms with Crippen LogP contribution >= 0.6 is 0 Å². The molecule has 3 aromatic rings. The van der Waals surface area contributed by atoms with Crippen LogP contribution in [0.15, 0.2) is 48.5 Å². The number of amides is 2. The highest BCUT2D eigenvalue weighted by molar-refractivity contribution is 5.90. The van der Waals surface area contributed by atoms with Gasteiger partial charge in [0.15, 0.2) is 11.4 Å². The summed E-state index contributed by atoms with van der Waals surface area (Å²) in [4.78, 5) is 31.2. The smallest absolute Gasteiger partial charge is 0.221 e. The number of anilines is 2. The van der Waals surface area contributed by atoms with E-state index in [2.05, 4.69) is 20.6 Å². The van der Waals surface area contributed by atoms with E-state index in [1.807, 2.05) is 12.1 Å². The second kappa shape index (κ2) is 8.63. The Hall–Kier alpha value is -4.56. The lowest BCUT2D eigenvalue weighted by atomic mass is 10.0. The minimum Gasteiger partial charge on any atom is -0.326 e. The largest absolute Gasteiger partial charge is 0.326 e. The molecular weight excluding hydrogens is 380 g/mol. The number of hydrogen-bond acceptors (Lipinski definition) is 6. The first-order valence-electron chi connectivity index (χ1n) is 8.89. The lowest BCUT2D eigenvalue weighted by molar-refractivity contribution is -0.115. The van der Waals surface area contributed by atoms with Crippen LogP contribution in [0.3, 0.4) is 0 Å². The number of nitrogens with zero attached hydrogens (tertiary/aromatic N) is 4. The second-order valence-electron chi connectivity index (χ2n) is 6.36. The summed E-state index contributed by atoms with van der Waals surface area (Å²) in [7, 11) is 0. The molecule has 0 saturated heterocycles. The van der Waals surface area contributed by atoms with E-state index in [-0.39, 0.29) is 23.2 Å². The first kappa shape index (κ1) is 20.2. The SMILES string of the molecule is CC(=O)Nc1ccc(-c2nc(C#N)c(C#N)nc2-c2ccc(NC(C)=O)cc2)cc1. The molecule has 3 rings (SSSR count). The Balaban J connectivity index is 2.12. The molecule has 8 nitrogen and oxygen atoms in total. The van der Waals surface area contributed by atoms with Crippen molar-refractivity contribution in [3.63, 3.8) is 0 Å². The molecule has 0 aliphatic carbocycles. The number of benzene rings is 2. The summed E-state index contributed by atoms with van der Waals surface area (Å²) in [6, 6.07) is 17.7. The third kappa shape index (κ3) is 4.46. The summed E-state index contributed by atoms with van der Waals surface area (Å²) in [6.45, 7) is 2.84. The average Bonchev–Trinajstić information content (AvgIpc) is 2.73. The number of nitriles is 2. The van der Waals surface area contributed by atoms with Crippen molar-refractivity contribution >= 4 is 23.2 Å². The molecule has 0 saturated carbocycles. The van der Waals surface area contributed by atoms with Crippen LogP contribution in [-0.4, -0.2) is 21.8 Å². The summed E-state index contributed by atoms with van der Waals surface area (Å²) in [6.07, 6.45) is 0. The van der Waals surface area contributed by atoms with Gasteiger partial charge in [-0.2, -0.15) is 10.5 Å². The molecule has 146 valence electrons. The van der Waals surface area contributed by atoms with E-state index in [4.69, 9.17) is 0 Å². The second-order valence-corrected chi connectivity index (χ2v) is 6.36. The number of nitrogens with one attached hydrogen (secondary N) is 2. The summed E-state index contributed by atoms with van der Waals surface area (Å²) in [5.41, 5.74) is 3.27. The van der Waals surface area contributed by atoms with E-state index in [0.717, 1.165) is 0 Å². The molecule has 0 radical (unpaired) electrons. The zero-order valence-corrected chi connectivity index (χ0v) is 16.2. The van der Waals surface area contributed by atoms with Crippen LogP contribution in [0.25, 0.3) is 22.5 Å². The lowest BCUT2D eigenvalue weighted by Crippen LogP contribution is -2.06. The van der Waals surface area contributed by atoms with Crippen molar-refractivity contribution < 1.29 is 9.59 Å². The van der Waals surface area contributed by atoms with E-state index in [0.29, 0.717) is 33.9 Å². The minimum atomic E-state index is -0.187. The number of aromatic nitrogens is 2. The Kier molecular flexibility index (Phi) is 5.81. The van der Waals surface area contributed by atoms with Gasteiger partial charge in [-0.15, -0.1) is 0 Å². The van der Waals surface area contributed by atoms with Crippen molar-refractivity contribution in [1.82, 2.24) is 9.97 Å². The highest BCUT2D eigenvalue weighted by atomic mass is 16.2. The molecule has 30 heavy (non-hydrogen) atoms. The zero-order chi connectivity index (χ0) is 21.7. The highest BCUT2D eigenvalue weighted by Gasteiger charge is 2.17. The van der Waals surface area contributed by atoms with Crippen LogP contribution in [0.4, 0.5) is 11.4 Å². The van der Waals surface area contributed by atoms with Crippen LogP contribution in [0.1, 0.15) is 25.2 Å². The van der Waals surface area contributed by atoms with Gasteiger partial charge in [-0.3, -0.25) is 9.59 Å². The standard InChI is InChI=1S/C22H16N6O2/c1-13(29)25-17-7-3-15(4-8-17)21-22(28-20(12-24)19(11-23)27-21)16-5-9-18(10-6-16)26-14(2)30/h3-10H,1-2H3,(H,25,29)(H,26,30). The molecule has 0 fully saturated rings. The van der Waals surface area contributed by atoms with Crippen molar-refractivity contribution in [2.24, 2.45) is 0 Å². The van der Waals surface area contributed by atoms with Crippen LogP contribution < -0.4 is 10.6 Å². The molecule has 8 heteroatoms. The summed E-state index contributed by atoms with van der Waals surface area (Å²) in [5, 5.41) is 24.1. The maximum atomic E-state index is 11.2. The van der Waals surface area contributed by atoms with Gasteiger partial charge in [0.1, 0.15) is 12.1 Å². The monoisotopic (exact) mass is 396 g/mol. The van der Waals surface area contributed by atoms with E-state index >= 15 is 0 Å². The minimum absolute atomic E-state index is 0.0722. The fourth-order valence-electron chi connectivity index (χ4n) is 2.82. The number of carbonyl (C=O) groups is 2. The lowest BCUT2D eigenvalue weighted by Gasteiger charge is -2.11. The van der Waals surface area contributed by atoms with Crippen molar-refractivity contribution in [3.8, 4) is 34.7 Å². The molecule has 0 aliphatic heterocycles. The quantitative estimate of drug-likeness (QED) is 0.694. The predicted octanol–water partition coefficient (Wildman–Crippen LogP) is 3.47. The van der Waals surface area contributed by atoms with Gasteiger partial charge in [0.05, 0.1) is 11.4 Å². The van der Waals surface area contributed by atoms with E-state index in [9.17, 15) is 20.1 Å². The van der Waals surface area contributed by atoms with Gasteiger partial charge in [0, 0.05) is 36.3 Å². The van der Waals surface area contributed by atoms with Crippen LogP contribution in [0.2, 0.25) is 0 Å². The average molecular weight is 396 g/mol. The molecule has 0 unspecified atom stereocenters. The molecule has 2 amide bonds. The van der Waals surface area contributed by atoms with Gasteiger partial charge >= 0.3 is 0 Å². The van der Waals surface area contributed by atoms with Crippen molar-refractivity contribution in [2.45, 2.75) is 13.8 Å². The maximum absolute atomic E-state index is 11.2. The molecule has 0 spiro atoms. The molecule has 0 aliphatic rings. The van der Waals surface area contributed by atoms with Gasteiger partial charge in [-0.05, 0) is 24.3 Å². The fraction of sp³-hybridized carbons (Fsp3) is 0.0909. The zero-order valence-electron chi connectivity index (χ0n) is 16.2. The van der Waals surface area contributed by atoms with Crippen molar-refractivity contribution in [1.29, 1.82) is 10.5 Å². The van der Waals surface area contributed by atoms with Crippen molar-refractivity contribution in [3.05, 3.63) is 59.9 Å². The summed E-state index contributed by atoms with van der Waals surface area (Å²) < 4.78 is 0.